The summed E-state index contributed by atoms with van der Waals surface area (Å²) in [5.74, 6) is 1.14. The number of benzene rings is 2. The van der Waals surface area contributed by atoms with Crippen molar-refractivity contribution < 1.29 is 17.9 Å². The van der Waals surface area contributed by atoms with E-state index in [1.807, 2.05) is 25.1 Å². The molecular formula is C21H28ClN3O4S. The summed E-state index contributed by atoms with van der Waals surface area (Å²) in [6.45, 7) is 5.73. The molecule has 30 heavy (non-hydrogen) atoms. The summed E-state index contributed by atoms with van der Waals surface area (Å²) in [5, 5.41) is 7.15. The predicted molar refractivity (Wildman–Crippen MR) is 121 cm³/mol. The third-order valence-corrected chi connectivity index (χ3v) is 6.77. The molecule has 7 nitrogen and oxygen atoms in total. The minimum atomic E-state index is -3.40. The molecule has 3 rings (SSSR count). The number of anilines is 2. The highest BCUT2D eigenvalue weighted by Gasteiger charge is 2.20. The molecule has 2 aromatic rings. The van der Waals surface area contributed by atoms with Gasteiger partial charge < -0.3 is 25.0 Å². The molecule has 2 aromatic carbocycles. The van der Waals surface area contributed by atoms with Gasteiger partial charge in [-0.3, -0.25) is 0 Å². The molecule has 9 heteroatoms. The first-order chi connectivity index (χ1) is 14.3. The van der Waals surface area contributed by atoms with Gasteiger partial charge in [-0.15, -0.1) is 0 Å². The van der Waals surface area contributed by atoms with Gasteiger partial charge in [-0.05, 0) is 31.2 Å². The molecule has 0 unspecified atom stereocenters. The number of hydrogen-bond acceptors (Lipinski definition) is 7. The van der Waals surface area contributed by atoms with Crippen molar-refractivity contribution in [1.82, 2.24) is 5.32 Å². The number of nitrogens with one attached hydrogen (secondary N) is 2. The van der Waals surface area contributed by atoms with E-state index in [1.165, 1.54) is 6.26 Å². The van der Waals surface area contributed by atoms with E-state index in [4.69, 9.17) is 21.1 Å². The van der Waals surface area contributed by atoms with Crippen LogP contribution in [0.1, 0.15) is 11.1 Å². The maximum atomic E-state index is 12.3. The second kappa shape index (κ2) is 9.32. The number of hydrogen-bond donors (Lipinski definition) is 2. The Morgan fingerprint density at radius 2 is 1.80 bits per heavy atom. The Labute approximate surface area is 183 Å². The molecule has 0 aliphatic carbocycles. The molecule has 0 bridgehead atoms. The first-order valence-corrected chi connectivity index (χ1v) is 12.0. The van der Waals surface area contributed by atoms with Gasteiger partial charge in [0.2, 0.25) is 0 Å². The molecule has 1 aliphatic rings. The number of halogens is 1. The normalized spacial score (nSPS) is 14.5. The van der Waals surface area contributed by atoms with Crippen molar-refractivity contribution in [3.8, 4) is 11.5 Å². The average Bonchev–Trinajstić information content (AvgIpc) is 2.73. The highest BCUT2D eigenvalue weighted by Crippen LogP contribution is 2.39. The number of methoxy groups -OCH3 is 2. The fourth-order valence-electron chi connectivity index (χ4n) is 3.64. The lowest BCUT2D eigenvalue weighted by Gasteiger charge is -2.30. The van der Waals surface area contributed by atoms with Crippen LogP contribution in [0.15, 0.2) is 29.2 Å². The first kappa shape index (κ1) is 22.5. The lowest BCUT2D eigenvalue weighted by Crippen LogP contribution is -2.43. The van der Waals surface area contributed by atoms with Crippen molar-refractivity contribution in [2.75, 3.05) is 56.9 Å². The van der Waals surface area contributed by atoms with E-state index in [9.17, 15) is 8.42 Å². The Bertz CT molecular complexity index is 1020. The van der Waals surface area contributed by atoms with Gasteiger partial charge in [0.25, 0.3) is 0 Å². The molecule has 0 amide bonds. The van der Waals surface area contributed by atoms with Crippen molar-refractivity contribution in [3.63, 3.8) is 0 Å². The number of ether oxygens (including phenoxy) is 2. The summed E-state index contributed by atoms with van der Waals surface area (Å²) >= 11 is 6.37. The smallest absolute Gasteiger partial charge is 0.177 e. The molecule has 1 aliphatic heterocycles. The van der Waals surface area contributed by atoms with Crippen molar-refractivity contribution in [2.45, 2.75) is 18.4 Å². The van der Waals surface area contributed by atoms with Gasteiger partial charge >= 0.3 is 0 Å². The van der Waals surface area contributed by atoms with Gasteiger partial charge in [-0.25, -0.2) is 8.42 Å². The zero-order chi connectivity index (χ0) is 21.9. The molecule has 1 heterocycles. The highest BCUT2D eigenvalue weighted by molar-refractivity contribution is 7.90. The summed E-state index contributed by atoms with van der Waals surface area (Å²) in [6, 6.07) is 7.22. The maximum absolute atomic E-state index is 12.3. The largest absolute Gasteiger partial charge is 0.493 e. The van der Waals surface area contributed by atoms with E-state index < -0.39 is 9.84 Å². The molecule has 164 valence electrons. The van der Waals surface area contributed by atoms with Crippen LogP contribution in [0.3, 0.4) is 0 Å². The fourth-order valence-corrected chi connectivity index (χ4v) is 4.71. The van der Waals surface area contributed by atoms with Crippen molar-refractivity contribution >= 4 is 32.8 Å². The monoisotopic (exact) mass is 453 g/mol. The minimum Gasteiger partial charge on any atom is -0.493 e. The number of nitrogens with zero attached hydrogens (tertiary/aromatic N) is 1. The van der Waals surface area contributed by atoms with Gasteiger partial charge in [0.05, 0.1) is 24.8 Å². The molecular weight excluding hydrogens is 426 g/mol. The fraction of sp³-hybridized carbons (Fsp3) is 0.429. The minimum absolute atomic E-state index is 0.255. The van der Waals surface area contributed by atoms with E-state index in [0.717, 1.165) is 43.0 Å². The van der Waals surface area contributed by atoms with Crippen LogP contribution in [-0.4, -0.2) is 55.1 Å². The average molecular weight is 454 g/mol. The van der Waals surface area contributed by atoms with Crippen LogP contribution >= 0.6 is 11.6 Å². The van der Waals surface area contributed by atoms with E-state index in [2.05, 4.69) is 15.5 Å². The second-order valence-electron chi connectivity index (χ2n) is 7.25. The standard InChI is InChI=1S/C21H28ClN3O4S/c1-14-17(22)11-15(21(29-3)20(14)28-2)13-24-18-12-16(25-9-7-23-8-10-25)5-6-19(18)30(4,26)27/h5-6,11-12,23-24H,7-10,13H2,1-4H3. The predicted octanol–water partition coefficient (Wildman–Crippen LogP) is 3.09. The molecule has 0 radical (unpaired) electrons. The molecule has 0 atom stereocenters. The third kappa shape index (κ3) is 4.77. The quantitative estimate of drug-likeness (QED) is 0.666. The van der Waals surface area contributed by atoms with Crippen LogP contribution in [0.25, 0.3) is 0 Å². The zero-order valence-electron chi connectivity index (χ0n) is 17.7. The number of piperazine rings is 1. The summed E-state index contributed by atoms with van der Waals surface area (Å²) in [7, 11) is -0.266. The lowest BCUT2D eigenvalue weighted by atomic mass is 10.1. The summed E-state index contributed by atoms with van der Waals surface area (Å²) in [5.41, 5.74) is 3.10. The van der Waals surface area contributed by atoms with E-state index >= 15 is 0 Å². The maximum Gasteiger partial charge on any atom is 0.177 e. The topological polar surface area (TPSA) is 79.9 Å². The Balaban J connectivity index is 1.96. The zero-order valence-corrected chi connectivity index (χ0v) is 19.3. The van der Waals surface area contributed by atoms with Gasteiger partial charge in [-0.2, -0.15) is 0 Å². The van der Waals surface area contributed by atoms with Crippen LogP contribution in [0, 0.1) is 6.92 Å². The van der Waals surface area contributed by atoms with Crippen LogP contribution in [0.2, 0.25) is 5.02 Å². The van der Waals surface area contributed by atoms with Gasteiger partial charge in [0.1, 0.15) is 0 Å². The highest BCUT2D eigenvalue weighted by atomic mass is 35.5. The van der Waals surface area contributed by atoms with Crippen LogP contribution < -0.4 is 25.0 Å². The molecule has 1 fully saturated rings. The molecule has 0 aromatic heterocycles. The number of rotatable bonds is 7. The van der Waals surface area contributed by atoms with Crippen molar-refractivity contribution in [2.24, 2.45) is 0 Å². The Morgan fingerprint density at radius 3 is 2.40 bits per heavy atom. The van der Waals surface area contributed by atoms with Crippen molar-refractivity contribution in [3.05, 3.63) is 40.4 Å². The van der Waals surface area contributed by atoms with Gasteiger partial charge in [0.15, 0.2) is 21.3 Å². The van der Waals surface area contributed by atoms with Gasteiger partial charge in [0, 0.05) is 60.8 Å². The van der Waals surface area contributed by atoms with E-state index in [1.54, 1.807) is 20.3 Å². The Hall–Kier alpha value is -2.16. The first-order valence-electron chi connectivity index (χ1n) is 9.70. The lowest BCUT2D eigenvalue weighted by molar-refractivity contribution is 0.350. The number of sulfone groups is 1. The third-order valence-electron chi connectivity index (χ3n) is 5.22. The van der Waals surface area contributed by atoms with E-state index in [0.29, 0.717) is 28.8 Å². The molecule has 0 saturated carbocycles. The van der Waals surface area contributed by atoms with Crippen molar-refractivity contribution in [1.29, 1.82) is 0 Å². The summed E-state index contributed by atoms with van der Waals surface area (Å²) in [4.78, 5) is 2.49. The summed E-state index contributed by atoms with van der Waals surface area (Å²) in [6.07, 6.45) is 1.21. The second-order valence-corrected chi connectivity index (χ2v) is 9.64. The summed E-state index contributed by atoms with van der Waals surface area (Å²) < 4.78 is 35.7. The molecule has 2 N–H and O–H groups in total. The van der Waals surface area contributed by atoms with Crippen LogP contribution in [-0.2, 0) is 16.4 Å². The Kier molecular flexibility index (Phi) is 7.00. The SMILES string of the molecule is COc1c(CNc2cc(N3CCNCC3)ccc2S(C)(=O)=O)cc(Cl)c(C)c1OC. The Morgan fingerprint density at radius 1 is 1.13 bits per heavy atom. The van der Waals surface area contributed by atoms with Crippen LogP contribution in [0.5, 0.6) is 11.5 Å². The molecule has 1 saturated heterocycles. The molecule has 0 spiro atoms. The van der Waals surface area contributed by atoms with Crippen LogP contribution in [0.4, 0.5) is 11.4 Å². The van der Waals surface area contributed by atoms with E-state index in [-0.39, 0.29) is 4.90 Å². The van der Waals surface area contributed by atoms with Gasteiger partial charge in [-0.1, -0.05) is 11.6 Å².